The van der Waals surface area contributed by atoms with E-state index < -0.39 is 0 Å². The predicted octanol–water partition coefficient (Wildman–Crippen LogP) is 3.56. The Hall–Kier alpha value is -2.93. The lowest BCUT2D eigenvalue weighted by molar-refractivity contribution is -0.116. The third-order valence-electron chi connectivity index (χ3n) is 3.69. The Kier molecular flexibility index (Phi) is 4.95. The van der Waals surface area contributed by atoms with Crippen LogP contribution in [0.5, 0.6) is 5.75 Å². The van der Waals surface area contributed by atoms with Crippen LogP contribution < -0.4 is 10.1 Å². The molecule has 1 amide bonds. The molecule has 0 atom stereocenters. The minimum atomic E-state index is -0.195. The number of aromatic amines is 1. The number of hydrogen-bond donors (Lipinski definition) is 2. The first-order valence-corrected chi connectivity index (χ1v) is 8.14. The minimum Gasteiger partial charge on any atom is -0.497 e. The molecule has 0 fully saturated rings. The first-order chi connectivity index (χ1) is 12.1. The van der Waals surface area contributed by atoms with Gasteiger partial charge in [0.25, 0.3) is 0 Å². The van der Waals surface area contributed by atoms with Gasteiger partial charge in [-0.2, -0.15) is 5.10 Å². The molecule has 128 valence electrons. The maximum atomic E-state index is 12.4. The summed E-state index contributed by atoms with van der Waals surface area (Å²) >= 11 is 5.27. The Morgan fingerprint density at radius 2 is 2.08 bits per heavy atom. The molecule has 7 heteroatoms. The van der Waals surface area contributed by atoms with Crippen molar-refractivity contribution in [2.45, 2.75) is 13.5 Å². The summed E-state index contributed by atoms with van der Waals surface area (Å²) in [5, 5.41) is 9.86. The summed E-state index contributed by atoms with van der Waals surface area (Å²) in [5.41, 5.74) is 2.68. The third-order valence-corrected chi connectivity index (χ3v) is 4.00. The van der Waals surface area contributed by atoms with Crippen LogP contribution in [0.4, 0.5) is 5.69 Å². The number of ether oxygens (including phenoxy) is 1. The Bertz CT molecular complexity index is 961. The third kappa shape index (κ3) is 3.95. The lowest BCUT2D eigenvalue weighted by Crippen LogP contribution is -2.19. The molecule has 2 aromatic carbocycles. The number of methoxy groups -OCH3 is 1. The molecule has 1 heterocycles. The van der Waals surface area contributed by atoms with Crippen LogP contribution in [-0.4, -0.2) is 27.8 Å². The molecule has 6 nitrogen and oxygen atoms in total. The average molecular weight is 354 g/mol. The van der Waals surface area contributed by atoms with Gasteiger partial charge >= 0.3 is 0 Å². The molecule has 0 radical (unpaired) electrons. The van der Waals surface area contributed by atoms with E-state index in [1.54, 1.807) is 23.8 Å². The van der Waals surface area contributed by atoms with Crippen molar-refractivity contribution in [2.24, 2.45) is 0 Å². The van der Waals surface area contributed by atoms with E-state index in [0.717, 1.165) is 11.1 Å². The predicted molar refractivity (Wildman–Crippen MR) is 99.2 cm³/mol. The van der Waals surface area contributed by atoms with Gasteiger partial charge in [-0.15, -0.1) is 0 Å². The zero-order valence-electron chi connectivity index (χ0n) is 13.9. The van der Waals surface area contributed by atoms with E-state index in [9.17, 15) is 4.79 Å². The molecule has 0 aliphatic rings. The van der Waals surface area contributed by atoms with Crippen molar-refractivity contribution in [3.63, 3.8) is 0 Å². The summed E-state index contributed by atoms with van der Waals surface area (Å²) in [7, 11) is 1.58. The fourth-order valence-electron chi connectivity index (χ4n) is 2.51. The molecule has 0 saturated heterocycles. The van der Waals surface area contributed by atoms with Gasteiger partial charge in [-0.25, -0.2) is 0 Å². The van der Waals surface area contributed by atoms with Crippen LogP contribution in [-0.2, 0) is 11.3 Å². The highest BCUT2D eigenvalue weighted by molar-refractivity contribution is 7.71. The summed E-state index contributed by atoms with van der Waals surface area (Å²) in [6.07, 6.45) is 0. The van der Waals surface area contributed by atoms with Crippen LogP contribution >= 0.6 is 12.2 Å². The Morgan fingerprint density at radius 3 is 2.84 bits per heavy atom. The SMILES string of the molecule is COc1cccc(NC(=O)Cn2c(-c3cccc(C)c3)n[nH]c2=S)c1. The molecule has 0 unspecified atom stereocenters. The second-order valence-electron chi connectivity index (χ2n) is 5.59. The van der Waals surface area contributed by atoms with Gasteiger partial charge in [0.05, 0.1) is 7.11 Å². The molecule has 3 aromatic rings. The number of rotatable bonds is 5. The van der Waals surface area contributed by atoms with Gasteiger partial charge in [0.15, 0.2) is 10.6 Å². The fourth-order valence-corrected chi connectivity index (χ4v) is 2.71. The van der Waals surface area contributed by atoms with Crippen molar-refractivity contribution in [3.8, 4) is 17.1 Å². The minimum absolute atomic E-state index is 0.0653. The van der Waals surface area contributed by atoms with Gasteiger partial charge in [0.1, 0.15) is 12.3 Å². The molecule has 0 spiro atoms. The highest BCUT2D eigenvalue weighted by Gasteiger charge is 2.13. The van der Waals surface area contributed by atoms with Crippen LogP contribution in [0.2, 0.25) is 0 Å². The van der Waals surface area contributed by atoms with Crippen molar-refractivity contribution in [2.75, 3.05) is 12.4 Å². The topological polar surface area (TPSA) is 71.9 Å². The van der Waals surface area contributed by atoms with E-state index in [-0.39, 0.29) is 12.5 Å². The van der Waals surface area contributed by atoms with Crippen LogP contribution in [0.3, 0.4) is 0 Å². The quantitative estimate of drug-likeness (QED) is 0.687. The van der Waals surface area contributed by atoms with Gasteiger partial charge in [0.2, 0.25) is 5.91 Å². The second kappa shape index (κ2) is 7.31. The lowest BCUT2D eigenvalue weighted by atomic mass is 10.1. The number of aryl methyl sites for hydroxylation is 1. The lowest BCUT2D eigenvalue weighted by Gasteiger charge is -2.09. The van der Waals surface area contributed by atoms with E-state index in [4.69, 9.17) is 17.0 Å². The number of nitrogens with one attached hydrogen (secondary N) is 2. The number of anilines is 1. The molecule has 2 N–H and O–H groups in total. The maximum absolute atomic E-state index is 12.4. The van der Waals surface area contributed by atoms with Crippen LogP contribution in [0, 0.1) is 11.7 Å². The van der Waals surface area contributed by atoms with Crippen molar-refractivity contribution in [1.82, 2.24) is 14.8 Å². The molecular formula is C18H18N4O2S. The molecule has 0 aliphatic carbocycles. The summed E-state index contributed by atoms with van der Waals surface area (Å²) in [6, 6.07) is 15.1. The van der Waals surface area contributed by atoms with Gasteiger partial charge < -0.3 is 10.1 Å². The van der Waals surface area contributed by atoms with Gasteiger partial charge in [0, 0.05) is 17.3 Å². The number of H-pyrrole nitrogens is 1. The van der Waals surface area contributed by atoms with Gasteiger partial charge in [-0.1, -0.05) is 29.8 Å². The molecular weight excluding hydrogens is 336 g/mol. The number of carbonyl (C=O) groups is 1. The number of nitrogens with zero attached hydrogens (tertiary/aromatic N) is 2. The first-order valence-electron chi connectivity index (χ1n) is 7.73. The average Bonchev–Trinajstić information content (AvgIpc) is 2.95. The van der Waals surface area contributed by atoms with Crippen LogP contribution in [0.1, 0.15) is 5.56 Å². The van der Waals surface area contributed by atoms with Crippen molar-refractivity contribution >= 4 is 23.8 Å². The van der Waals surface area contributed by atoms with Gasteiger partial charge in [-0.3, -0.25) is 14.5 Å². The maximum Gasteiger partial charge on any atom is 0.244 e. The fraction of sp³-hybridized carbons (Fsp3) is 0.167. The zero-order chi connectivity index (χ0) is 17.8. The molecule has 0 bridgehead atoms. The number of benzene rings is 2. The Labute approximate surface area is 150 Å². The second-order valence-corrected chi connectivity index (χ2v) is 5.97. The first kappa shape index (κ1) is 16.9. The summed E-state index contributed by atoms with van der Waals surface area (Å²) in [4.78, 5) is 12.4. The van der Waals surface area contributed by atoms with Crippen molar-refractivity contribution in [3.05, 3.63) is 58.9 Å². The standard InChI is InChI=1S/C18H18N4O2S/c1-12-5-3-6-13(9-12)17-20-21-18(25)22(17)11-16(23)19-14-7-4-8-15(10-14)24-2/h3-10H,11H2,1-2H3,(H,19,23)(H,21,25). The summed E-state index contributed by atoms with van der Waals surface area (Å²) < 4.78 is 7.24. The number of carbonyl (C=O) groups excluding carboxylic acids is 1. The van der Waals surface area contributed by atoms with E-state index >= 15 is 0 Å². The van der Waals surface area contributed by atoms with Crippen molar-refractivity contribution < 1.29 is 9.53 Å². The largest absolute Gasteiger partial charge is 0.497 e. The zero-order valence-corrected chi connectivity index (χ0v) is 14.8. The van der Waals surface area contributed by atoms with E-state index in [2.05, 4.69) is 15.5 Å². The van der Waals surface area contributed by atoms with E-state index in [1.807, 2.05) is 43.3 Å². The van der Waals surface area contributed by atoms with E-state index in [0.29, 0.717) is 22.0 Å². The van der Waals surface area contributed by atoms with Crippen molar-refractivity contribution in [1.29, 1.82) is 0 Å². The number of aromatic nitrogens is 3. The highest BCUT2D eigenvalue weighted by Crippen LogP contribution is 2.19. The van der Waals surface area contributed by atoms with Crippen LogP contribution in [0.25, 0.3) is 11.4 Å². The smallest absolute Gasteiger partial charge is 0.244 e. The monoisotopic (exact) mass is 354 g/mol. The number of amides is 1. The Morgan fingerprint density at radius 1 is 1.28 bits per heavy atom. The molecule has 3 rings (SSSR count). The number of hydrogen-bond acceptors (Lipinski definition) is 4. The Balaban J connectivity index is 1.82. The summed E-state index contributed by atoms with van der Waals surface area (Å²) in [5.74, 6) is 1.12. The summed E-state index contributed by atoms with van der Waals surface area (Å²) in [6.45, 7) is 2.07. The highest BCUT2D eigenvalue weighted by atomic mass is 32.1. The molecule has 25 heavy (non-hydrogen) atoms. The normalized spacial score (nSPS) is 10.5. The molecule has 1 aromatic heterocycles. The van der Waals surface area contributed by atoms with E-state index in [1.165, 1.54) is 0 Å². The molecule has 0 aliphatic heterocycles. The van der Waals surface area contributed by atoms with Gasteiger partial charge in [-0.05, 0) is 37.3 Å². The molecule has 0 saturated carbocycles. The van der Waals surface area contributed by atoms with Crippen LogP contribution in [0.15, 0.2) is 48.5 Å².